The maximum absolute atomic E-state index is 13.6. The minimum Gasteiger partial charge on any atom is -0.494 e. The van der Waals surface area contributed by atoms with Gasteiger partial charge in [0.25, 0.3) is 0 Å². The number of ether oxygens (including phenoxy) is 1. The molecule has 2 aromatic rings. The zero-order valence-electron chi connectivity index (χ0n) is 10.0. The zero-order valence-corrected chi connectivity index (χ0v) is 10.9. The van der Waals surface area contributed by atoms with Gasteiger partial charge in [-0.25, -0.2) is 9.37 Å². The number of halogens is 1. The van der Waals surface area contributed by atoms with Gasteiger partial charge in [-0.1, -0.05) is 11.8 Å². The van der Waals surface area contributed by atoms with Gasteiger partial charge >= 0.3 is 5.97 Å². The molecule has 0 fully saturated rings. The number of carboxylic acid groups (broad SMARTS) is 1. The van der Waals surface area contributed by atoms with Gasteiger partial charge in [0.15, 0.2) is 16.7 Å². The van der Waals surface area contributed by atoms with E-state index in [0.717, 1.165) is 11.8 Å². The molecule has 100 valence electrons. The van der Waals surface area contributed by atoms with E-state index in [9.17, 15) is 9.18 Å². The number of imidazole rings is 1. The summed E-state index contributed by atoms with van der Waals surface area (Å²) < 4.78 is 20.1. The second-order valence-corrected chi connectivity index (χ2v) is 4.52. The van der Waals surface area contributed by atoms with E-state index in [1.165, 1.54) is 25.4 Å². The normalized spacial score (nSPS) is 10.4. The third-order valence-electron chi connectivity index (χ3n) is 2.35. The molecule has 0 bridgehead atoms. The fourth-order valence-corrected chi connectivity index (χ4v) is 2.22. The summed E-state index contributed by atoms with van der Waals surface area (Å²) in [6.45, 7) is 0. The van der Waals surface area contributed by atoms with E-state index in [1.807, 2.05) is 0 Å². The summed E-state index contributed by atoms with van der Waals surface area (Å²) >= 11 is 1.07. The third kappa shape index (κ3) is 3.05. The average molecular weight is 282 g/mol. The molecule has 0 spiro atoms. The standard InChI is InChI=1S/C12H11FN2O3S/c1-18-10-3-2-8(6-9(10)13)15-5-4-14-12(15)19-7-11(16)17/h2-6H,7H2,1H3,(H,16,17). The summed E-state index contributed by atoms with van der Waals surface area (Å²) in [5.74, 6) is -1.36. The van der Waals surface area contributed by atoms with Crippen LogP contribution < -0.4 is 4.74 Å². The third-order valence-corrected chi connectivity index (χ3v) is 3.30. The van der Waals surface area contributed by atoms with Gasteiger partial charge in [-0.2, -0.15) is 0 Å². The first-order valence-corrected chi connectivity index (χ1v) is 6.32. The van der Waals surface area contributed by atoms with E-state index in [0.29, 0.717) is 10.8 Å². The van der Waals surface area contributed by atoms with E-state index >= 15 is 0 Å². The van der Waals surface area contributed by atoms with Crippen LogP contribution in [-0.2, 0) is 4.79 Å². The highest BCUT2D eigenvalue weighted by molar-refractivity contribution is 7.99. The lowest BCUT2D eigenvalue weighted by molar-refractivity contribution is -0.133. The van der Waals surface area contributed by atoms with E-state index < -0.39 is 11.8 Å². The lowest BCUT2D eigenvalue weighted by atomic mass is 10.3. The Morgan fingerprint density at radius 2 is 2.37 bits per heavy atom. The summed E-state index contributed by atoms with van der Waals surface area (Å²) in [4.78, 5) is 14.6. The molecule has 7 heteroatoms. The number of hydrogen-bond acceptors (Lipinski definition) is 4. The molecule has 0 amide bonds. The molecule has 0 aliphatic carbocycles. The Labute approximate surface area is 113 Å². The Morgan fingerprint density at radius 1 is 1.58 bits per heavy atom. The van der Waals surface area contributed by atoms with Crippen molar-refractivity contribution < 1.29 is 19.0 Å². The van der Waals surface area contributed by atoms with E-state index in [4.69, 9.17) is 9.84 Å². The van der Waals surface area contributed by atoms with E-state index in [2.05, 4.69) is 4.98 Å². The van der Waals surface area contributed by atoms with Crippen molar-refractivity contribution in [3.63, 3.8) is 0 Å². The van der Waals surface area contributed by atoms with Crippen molar-refractivity contribution in [1.82, 2.24) is 9.55 Å². The predicted octanol–water partition coefficient (Wildman–Crippen LogP) is 2.20. The molecular weight excluding hydrogens is 271 g/mol. The van der Waals surface area contributed by atoms with Crippen molar-refractivity contribution >= 4 is 17.7 Å². The maximum atomic E-state index is 13.6. The number of aliphatic carboxylic acids is 1. The van der Waals surface area contributed by atoms with Gasteiger partial charge in [0.2, 0.25) is 0 Å². The Hall–Kier alpha value is -2.02. The molecule has 19 heavy (non-hydrogen) atoms. The van der Waals surface area contributed by atoms with Crippen LogP contribution >= 0.6 is 11.8 Å². The van der Waals surface area contributed by atoms with Crippen molar-refractivity contribution in [3.8, 4) is 11.4 Å². The first-order chi connectivity index (χ1) is 9.11. The van der Waals surface area contributed by atoms with Gasteiger partial charge in [0.05, 0.1) is 18.6 Å². The molecule has 0 saturated carbocycles. The van der Waals surface area contributed by atoms with Gasteiger partial charge in [-0.3, -0.25) is 9.36 Å². The smallest absolute Gasteiger partial charge is 0.313 e. The molecule has 1 aromatic heterocycles. The Morgan fingerprint density at radius 3 is 3.00 bits per heavy atom. The average Bonchev–Trinajstić information content (AvgIpc) is 2.84. The molecule has 2 rings (SSSR count). The number of nitrogens with zero attached hydrogens (tertiary/aromatic N) is 2. The summed E-state index contributed by atoms with van der Waals surface area (Å²) in [5.41, 5.74) is 0.559. The van der Waals surface area contributed by atoms with Gasteiger partial charge < -0.3 is 9.84 Å². The minimum absolute atomic E-state index is 0.102. The molecule has 0 saturated heterocycles. The number of hydrogen-bond donors (Lipinski definition) is 1. The molecule has 1 N–H and O–H groups in total. The number of carbonyl (C=O) groups is 1. The Kier molecular flexibility index (Phi) is 4.06. The van der Waals surface area contributed by atoms with Crippen LogP contribution in [-0.4, -0.2) is 33.5 Å². The van der Waals surface area contributed by atoms with Crippen molar-refractivity contribution in [2.45, 2.75) is 5.16 Å². The van der Waals surface area contributed by atoms with Crippen LogP contribution in [0.1, 0.15) is 0 Å². The first-order valence-electron chi connectivity index (χ1n) is 5.33. The molecule has 1 aromatic carbocycles. The monoisotopic (exact) mass is 282 g/mol. The van der Waals surface area contributed by atoms with Crippen LogP contribution in [0.15, 0.2) is 35.7 Å². The predicted molar refractivity (Wildman–Crippen MR) is 68.4 cm³/mol. The molecule has 1 heterocycles. The molecule has 0 radical (unpaired) electrons. The molecule has 0 unspecified atom stereocenters. The molecule has 0 aliphatic heterocycles. The number of carboxylic acids is 1. The Balaban J connectivity index is 2.29. The molecular formula is C12H11FN2O3S. The number of methoxy groups -OCH3 is 1. The summed E-state index contributed by atoms with van der Waals surface area (Å²) in [6.07, 6.45) is 3.18. The van der Waals surface area contributed by atoms with Crippen LogP contribution in [0.25, 0.3) is 5.69 Å². The SMILES string of the molecule is COc1ccc(-n2ccnc2SCC(=O)O)cc1F. The van der Waals surface area contributed by atoms with Crippen LogP contribution in [0, 0.1) is 5.82 Å². The number of thioether (sulfide) groups is 1. The van der Waals surface area contributed by atoms with Crippen molar-refractivity contribution in [2.75, 3.05) is 12.9 Å². The van der Waals surface area contributed by atoms with Gasteiger partial charge in [0.1, 0.15) is 0 Å². The van der Waals surface area contributed by atoms with Crippen LogP contribution in [0.5, 0.6) is 5.75 Å². The largest absolute Gasteiger partial charge is 0.494 e. The lowest BCUT2D eigenvalue weighted by Crippen LogP contribution is -2.02. The topological polar surface area (TPSA) is 64.4 Å². The summed E-state index contributed by atoms with van der Waals surface area (Å²) in [6, 6.07) is 4.50. The molecule has 5 nitrogen and oxygen atoms in total. The van der Waals surface area contributed by atoms with E-state index in [1.54, 1.807) is 16.8 Å². The minimum atomic E-state index is -0.930. The molecule has 0 atom stereocenters. The quantitative estimate of drug-likeness (QED) is 0.852. The molecule has 0 aliphatic rings. The highest BCUT2D eigenvalue weighted by atomic mass is 32.2. The van der Waals surface area contributed by atoms with Crippen LogP contribution in [0.2, 0.25) is 0 Å². The summed E-state index contributed by atoms with van der Waals surface area (Å²) in [5, 5.41) is 9.14. The van der Waals surface area contributed by atoms with Gasteiger partial charge in [-0.05, 0) is 12.1 Å². The fourth-order valence-electron chi connectivity index (χ4n) is 1.52. The first kappa shape index (κ1) is 13.4. The Bertz CT molecular complexity index is 600. The van der Waals surface area contributed by atoms with Crippen LogP contribution in [0.3, 0.4) is 0 Å². The number of benzene rings is 1. The van der Waals surface area contributed by atoms with Crippen LogP contribution in [0.4, 0.5) is 4.39 Å². The van der Waals surface area contributed by atoms with Gasteiger partial charge in [-0.15, -0.1) is 0 Å². The van der Waals surface area contributed by atoms with Crippen molar-refractivity contribution in [1.29, 1.82) is 0 Å². The fraction of sp³-hybridized carbons (Fsp3) is 0.167. The zero-order chi connectivity index (χ0) is 13.8. The highest BCUT2D eigenvalue weighted by Crippen LogP contribution is 2.24. The maximum Gasteiger partial charge on any atom is 0.313 e. The van der Waals surface area contributed by atoms with Gasteiger partial charge in [0, 0.05) is 18.5 Å². The second-order valence-electron chi connectivity index (χ2n) is 3.58. The van der Waals surface area contributed by atoms with Crippen molar-refractivity contribution in [2.24, 2.45) is 0 Å². The lowest BCUT2D eigenvalue weighted by Gasteiger charge is -2.08. The second kappa shape index (κ2) is 5.75. The van der Waals surface area contributed by atoms with E-state index in [-0.39, 0.29) is 11.5 Å². The number of aromatic nitrogens is 2. The van der Waals surface area contributed by atoms with Crippen molar-refractivity contribution in [3.05, 3.63) is 36.4 Å². The summed E-state index contributed by atoms with van der Waals surface area (Å²) in [7, 11) is 1.39. The highest BCUT2D eigenvalue weighted by Gasteiger charge is 2.10. The number of rotatable bonds is 5.